The molecule has 0 unspecified atom stereocenters. The zero-order valence-electron chi connectivity index (χ0n) is 52.1. The number of hydrogen-bond acceptors (Lipinski definition) is 16. The molecule has 92 heavy (non-hydrogen) atoms. The van der Waals surface area contributed by atoms with Crippen molar-refractivity contribution in [1.29, 1.82) is 0 Å². The number of rotatable bonds is 34. The number of benzene rings is 4. The van der Waals surface area contributed by atoms with Gasteiger partial charge in [-0.3, -0.25) is 38.4 Å². The Morgan fingerprint density at radius 1 is 0.674 bits per heavy atom. The van der Waals surface area contributed by atoms with Gasteiger partial charge in [0, 0.05) is 46.6 Å². The summed E-state index contributed by atoms with van der Waals surface area (Å²) in [6, 6.07) is 21.2. The van der Waals surface area contributed by atoms with Gasteiger partial charge < -0.3 is 77.3 Å². The molecule has 4 aromatic rings. The number of nitrogens with one attached hydrogen (secondary N) is 7. The molecule has 0 aromatic heterocycles. The maximum atomic E-state index is 14.8. The Labute approximate surface area is 547 Å². The van der Waals surface area contributed by atoms with Crippen molar-refractivity contribution in [3.05, 3.63) is 135 Å². The molecule has 11 N–H and O–H groups in total. The molecule has 0 saturated carbocycles. The van der Waals surface area contributed by atoms with E-state index in [9.17, 15) is 52.7 Å². The highest BCUT2D eigenvalue weighted by Crippen LogP contribution is 2.23. The standard InChI is InChI=1S/C64H82BrClN10O16/c1-6-39(2)54(75-57(81)47(74-62(86)92-64(3,4)5)23-14-15-31-69-61(85)89-37-43-20-11-13-22-46(43)66)59(83)73-50(38-88-35-41-17-8-7-9-18-41)60(84)76-32-16-24-51(76)58(82)72-48(29-30-52(67)77)56(80)70-34-53(78)71-49(55(68)79)33-40-25-27-44(28-26-40)91-63(87)90-36-42-19-10-12-21-45(42)65/h7-13,17-22,25-28,39,47-51,54H,6,14-16,23-24,29-38H2,1-5H3,(H2,67,77)(H2,68,79)(H,69,85)(H,70,80)(H,71,78)(H,72,82)(H,73,83)(H,74,86)(H,75,81)/t39-,47-,48-,49-,50-,51-,54-/m0/s1. The molecule has 26 nitrogen and oxygen atoms in total. The first-order chi connectivity index (χ1) is 43.8. The molecule has 0 spiro atoms. The van der Waals surface area contributed by atoms with Crippen LogP contribution >= 0.6 is 27.5 Å². The summed E-state index contributed by atoms with van der Waals surface area (Å²) in [6.07, 6.45) is -1.82. The number of alkyl carbamates (subject to hydrolysis) is 2. The number of nitrogens with zero attached hydrogens (tertiary/aromatic N) is 1. The third kappa shape index (κ3) is 25.8. The fourth-order valence-corrected chi connectivity index (χ4v) is 9.94. The van der Waals surface area contributed by atoms with E-state index in [4.69, 9.17) is 46.8 Å². The van der Waals surface area contributed by atoms with E-state index in [0.29, 0.717) is 41.8 Å². The number of amides is 10. The van der Waals surface area contributed by atoms with Gasteiger partial charge >= 0.3 is 18.3 Å². The lowest BCUT2D eigenvalue weighted by Gasteiger charge is -2.32. The first-order valence-corrected chi connectivity index (χ1v) is 31.3. The molecule has 1 fully saturated rings. The van der Waals surface area contributed by atoms with Crippen LogP contribution in [0.1, 0.15) is 108 Å². The van der Waals surface area contributed by atoms with Crippen molar-refractivity contribution in [2.24, 2.45) is 17.4 Å². The van der Waals surface area contributed by atoms with Crippen LogP contribution in [0.15, 0.2) is 108 Å². The Morgan fingerprint density at radius 3 is 2.00 bits per heavy atom. The van der Waals surface area contributed by atoms with E-state index in [1.54, 1.807) is 113 Å². The van der Waals surface area contributed by atoms with Gasteiger partial charge in [0.1, 0.15) is 60.8 Å². The summed E-state index contributed by atoms with van der Waals surface area (Å²) in [7, 11) is 0. The topological polar surface area (TPSA) is 373 Å². The maximum Gasteiger partial charge on any atom is 0.514 e. The number of nitrogens with two attached hydrogens (primary N) is 2. The van der Waals surface area contributed by atoms with Gasteiger partial charge in [-0.2, -0.15) is 0 Å². The SMILES string of the molecule is CC[C@H](C)[C@H](NC(=O)[C@H](CCCCNC(=O)OCc1ccccc1Cl)NC(=O)OC(C)(C)C)C(=O)N[C@@H](COCc1ccccc1)C(=O)N1CCC[C@H]1C(=O)N[C@@H](CCC(N)=O)C(=O)NCC(=O)N[C@@H](Cc1ccc(OC(=O)OCc2ccccc2Br)cc1)C(N)=O. The van der Waals surface area contributed by atoms with Crippen LogP contribution in [-0.2, 0) is 83.5 Å². The van der Waals surface area contributed by atoms with Gasteiger partial charge in [-0.05, 0) is 101 Å². The summed E-state index contributed by atoms with van der Waals surface area (Å²) in [5.41, 5.74) is 12.8. The number of likely N-dealkylation sites (tertiary alicyclic amines) is 1. The smallest absolute Gasteiger partial charge is 0.445 e. The molecule has 0 aliphatic carbocycles. The van der Waals surface area contributed by atoms with Crippen molar-refractivity contribution in [1.82, 2.24) is 42.1 Å². The summed E-state index contributed by atoms with van der Waals surface area (Å²) in [6.45, 7) is 7.47. The second-order valence-corrected chi connectivity index (χ2v) is 24.1. The Bertz CT molecular complexity index is 3170. The van der Waals surface area contributed by atoms with E-state index in [2.05, 4.69) is 53.1 Å². The Hall–Kier alpha value is -8.82. The van der Waals surface area contributed by atoms with E-state index in [0.717, 1.165) is 15.6 Å². The first-order valence-electron chi connectivity index (χ1n) is 30.1. The van der Waals surface area contributed by atoms with Crippen molar-refractivity contribution >= 4 is 93.1 Å². The predicted molar refractivity (Wildman–Crippen MR) is 340 cm³/mol. The third-order valence-corrected chi connectivity index (χ3v) is 15.6. The predicted octanol–water partition coefficient (Wildman–Crippen LogP) is 5.41. The van der Waals surface area contributed by atoms with Crippen LogP contribution in [0.5, 0.6) is 5.75 Å². The average Bonchev–Trinajstić information content (AvgIpc) is 1.77. The van der Waals surface area contributed by atoms with E-state index < -0.39 is 127 Å². The van der Waals surface area contributed by atoms with Gasteiger partial charge in [0.2, 0.25) is 47.3 Å². The van der Waals surface area contributed by atoms with Crippen LogP contribution in [0.4, 0.5) is 14.4 Å². The average molecular weight is 1360 g/mol. The van der Waals surface area contributed by atoms with Crippen LogP contribution in [0.2, 0.25) is 5.02 Å². The molecule has 1 saturated heterocycles. The third-order valence-electron chi connectivity index (χ3n) is 14.4. The van der Waals surface area contributed by atoms with E-state index in [-0.39, 0.29) is 70.8 Å². The van der Waals surface area contributed by atoms with Crippen LogP contribution in [0, 0.1) is 5.92 Å². The lowest BCUT2D eigenvalue weighted by molar-refractivity contribution is -0.144. The minimum absolute atomic E-state index is 0.0184. The number of primary amides is 2. The number of hydrogen-bond donors (Lipinski definition) is 9. The van der Waals surface area contributed by atoms with Crippen LogP contribution in [-0.4, -0.2) is 139 Å². The van der Waals surface area contributed by atoms with Gasteiger partial charge in [0.15, 0.2) is 0 Å². The number of ether oxygens (including phenoxy) is 5. The van der Waals surface area contributed by atoms with Crippen molar-refractivity contribution in [3.63, 3.8) is 0 Å². The first kappa shape index (κ1) is 73.9. The molecule has 1 heterocycles. The summed E-state index contributed by atoms with van der Waals surface area (Å²) in [5.74, 6) is -6.94. The van der Waals surface area contributed by atoms with Crippen LogP contribution in [0.25, 0.3) is 0 Å². The van der Waals surface area contributed by atoms with Crippen molar-refractivity contribution in [3.8, 4) is 5.75 Å². The molecule has 5 rings (SSSR count). The van der Waals surface area contributed by atoms with Crippen molar-refractivity contribution in [2.75, 3.05) is 26.2 Å². The summed E-state index contributed by atoms with van der Waals surface area (Å²) in [4.78, 5) is 149. The molecule has 10 amide bonds. The Morgan fingerprint density at radius 2 is 1.34 bits per heavy atom. The second kappa shape index (κ2) is 37.5. The highest BCUT2D eigenvalue weighted by Gasteiger charge is 2.41. The maximum absolute atomic E-state index is 14.8. The molecule has 7 atom stereocenters. The Kier molecular flexibility index (Phi) is 30.1. The quantitative estimate of drug-likeness (QED) is 0.0122. The summed E-state index contributed by atoms with van der Waals surface area (Å²) >= 11 is 9.56. The van der Waals surface area contributed by atoms with Gasteiger partial charge in [-0.1, -0.05) is 127 Å². The zero-order chi connectivity index (χ0) is 67.3. The molecule has 1 aliphatic heterocycles. The molecule has 1 aliphatic rings. The molecule has 4 aromatic carbocycles. The van der Waals surface area contributed by atoms with Gasteiger partial charge in [0.25, 0.3) is 0 Å². The van der Waals surface area contributed by atoms with E-state index >= 15 is 0 Å². The van der Waals surface area contributed by atoms with Gasteiger partial charge in [-0.15, -0.1) is 0 Å². The molecular formula is C64H82BrClN10O16. The number of unbranched alkanes of at least 4 members (excludes halogenated alkanes) is 1. The highest BCUT2D eigenvalue weighted by molar-refractivity contribution is 9.10. The van der Waals surface area contributed by atoms with Crippen LogP contribution in [0.3, 0.4) is 0 Å². The zero-order valence-corrected chi connectivity index (χ0v) is 54.4. The van der Waals surface area contributed by atoms with Crippen LogP contribution < -0.4 is 53.4 Å². The molecule has 498 valence electrons. The largest absolute Gasteiger partial charge is 0.514 e. The summed E-state index contributed by atoms with van der Waals surface area (Å²) < 4.78 is 28.0. The molecule has 0 bridgehead atoms. The Balaban J connectivity index is 1.23. The van der Waals surface area contributed by atoms with Gasteiger partial charge in [0.05, 0.1) is 19.8 Å². The fourth-order valence-electron chi connectivity index (χ4n) is 9.35. The number of halogens is 2. The lowest BCUT2D eigenvalue weighted by Crippen LogP contribution is -2.61. The molecule has 0 radical (unpaired) electrons. The van der Waals surface area contributed by atoms with E-state index in [1.807, 2.05) is 12.1 Å². The van der Waals surface area contributed by atoms with E-state index in [1.165, 1.54) is 17.0 Å². The number of carbonyl (C=O) groups excluding carboxylic acids is 11. The minimum Gasteiger partial charge on any atom is -0.445 e. The fraction of sp³-hybridized carbons (Fsp3) is 0.453. The lowest BCUT2D eigenvalue weighted by atomic mass is 9.97. The minimum atomic E-state index is -1.46. The molecular weight excluding hydrogens is 1280 g/mol. The molecule has 28 heteroatoms. The van der Waals surface area contributed by atoms with Crippen molar-refractivity contribution in [2.45, 2.75) is 154 Å². The normalized spacial score (nSPS) is 14.7. The monoisotopic (exact) mass is 1360 g/mol. The van der Waals surface area contributed by atoms with Gasteiger partial charge in [-0.25, -0.2) is 14.4 Å². The van der Waals surface area contributed by atoms with Crippen molar-refractivity contribution < 1.29 is 76.4 Å². The summed E-state index contributed by atoms with van der Waals surface area (Å²) in [5, 5.41) is 18.7. The number of carbonyl (C=O) groups is 11. The highest BCUT2D eigenvalue weighted by atomic mass is 79.9. The second-order valence-electron chi connectivity index (χ2n) is 22.8.